The molecule has 1 amide bonds. The molecule has 0 radical (unpaired) electrons. The molecule has 3 nitrogen and oxygen atoms in total. The third kappa shape index (κ3) is 1.97. The molecular formula is C8H5ClN2O. The van der Waals surface area contributed by atoms with E-state index in [9.17, 15) is 4.79 Å². The smallest absolute Gasteiger partial charge is 0.300 e. The van der Waals surface area contributed by atoms with Gasteiger partial charge in [-0.3, -0.25) is 4.79 Å². The quantitative estimate of drug-likeness (QED) is 0.523. The first-order valence-corrected chi connectivity index (χ1v) is 3.50. The van der Waals surface area contributed by atoms with Gasteiger partial charge in [-0.2, -0.15) is 0 Å². The fraction of sp³-hybridized carbons (Fsp3) is 0. The maximum Gasteiger partial charge on any atom is 0.300 e. The minimum absolute atomic E-state index is 0.223. The summed E-state index contributed by atoms with van der Waals surface area (Å²) in [5.74, 6) is 1.37. The number of anilines is 1. The molecular weight excluding hydrogens is 176 g/mol. The summed E-state index contributed by atoms with van der Waals surface area (Å²) in [6.07, 6.45) is 6.37. The number of carbonyl (C=O) groups is 1. The Bertz CT molecular complexity index is 343. The Morgan fingerprint density at radius 3 is 3.08 bits per heavy atom. The zero-order valence-electron chi connectivity index (χ0n) is 6.04. The number of nitrogens with zero attached hydrogens (tertiary/aromatic N) is 1. The number of hydrogen-bond donors (Lipinski definition) is 1. The third-order valence-electron chi connectivity index (χ3n) is 1.14. The Hall–Kier alpha value is -1.53. The topological polar surface area (TPSA) is 42.0 Å². The van der Waals surface area contributed by atoms with E-state index in [0.29, 0.717) is 5.69 Å². The van der Waals surface area contributed by atoms with E-state index in [2.05, 4.69) is 10.3 Å². The summed E-state index contributed by atoms with van der Waals surface area (Å²) in [5, 5.41) is 2.61. The molecule has 0 spiro atoms. The molecule has 0 aliphatic heterocycles. The molecule has 0 atom stereocenters. The van der Waals surface area contributed by atoms with Crippen molar-refractivity contribution < 1.29 is 4.79 Å². The molecule has 0 fully saturated rings. The second kappa shape index (κ2) is 3.74. The van der Waals surface area contributed by atoms with Crippen molar-refractivity contribution in [2.75, 3.05) is 5.32 Å². The molecule has 0 unspecified atom stereocenters. The Morgan fingerprint density at radius 2 is 2.50 bits per heavy atom. The number of carbonyl (C=O) groups excluding carboxylic acids is 1. The van der Waals surface area contributed by atoms with Gasteiger partial charge in [-0.05, 0) is 18.1 Å². The number of halogens is 1. The first-order chi connectivity index (χ1) is 5.74. The number of amides is 1. The molecule has 0 saturated carbocycles. The number of rotatable bonds is 1. The molecule has 1 aromatic heterocycles. The zero-order valence-corrected chi connectivity index (χ0v) is 6.80. The van der Waals surface area contributed by atoms with Gasteiger partial charge in [0.15, 0.2) is 5.15 Å². The monoisotopic (exact) mass is 180 g/mol. The highest BCUT2D eigenvalue weighted by atomic mass is 35.5. The van der Waals surface area contributed by atoms with E-state index >= 15 is 0 Å². The van der Waals surface area contributed by atoms with Crippen LogP contribution in [-0.2, 0) is 4.79 Å². The van der Waals surface area contributed by atoms with Crippen LogP contribution in [0.25, 0.3) is 0 Å². The van der Waals surface area contributed by atoms with Crippen molar-refractivity contribution in [2.45, 2.75) is 0 Å². The number of hydrogen-bond acceptors (Lipinski definition) is 2. The van der Waals surface area contributed by atoms with Gasteiger partial charge in [0.25, 0.3) is 5.91 Å². The van der Waals surface area contributed by atoms with Gasteiger partial charge in [0.05, 0.1) is 5.69 Å². The molecule has 0 saturated heterocycles. The van der Waals surface area contributed by atoms with Crippen molar-refractivity contribution in [2.24, 2.45) is 0 Å². The van der Waals surface area contributed by atoms with E-state index in [1.54, 1.807) is 12.1 Å². The summed E-state index contributed by atoms with van der Waals surface area (Å²) in [6.45, 7) is 0. The summed E-state index contributed by atoms with van der Waals surface area (Å²) >= 11 is 5.63. The molecule has 1 rings (SSSR count). The lowest BCUT2D eigenvalue weighted by Crippen LogP contribution is -2.08. The highest BCUT2D eigenvalue weighted by Gasteiger charge is 2.01. The van der Waals surface area contributed by atoms with Crippen LogP contribution in [0.2, 0.25) is 5.15 Å². The number of pyridine rings is 1. The molecule has 0 aliphatic rings. The predicted molar refractivity (Wildman–Crippen MR) is 46.7 cm³/mol. The van der Waals surface area contributed by atoms with Crippen LogP contribution < -0.4 is 5.32 Å². The molecule has 4 heteroatoms. The van der Waals surface area contributed by atoms with Crippen molar-refractivity contribution in [1.82, 2.24) is 4.98 Å². The van der Waals surface area contributed by atoms with Gasteiger partial charge in [-0.1, -0.05) is 11.6 Å². The second-order valence-electron chi connectivity index (χ2n) is 1.94. The maximum absolute atomic E-state index is 10.7. The molecule has 0 bridgehead atoms. The highest BCUT2D eigenvalue weighted by Crippen LogP contribution is 2.16. The molecule has 1 heterocycles. The van der Waals surface area contributed by atoms with Gasteiger partial charge in [-0.15, -0.1) is 6.42 Å². The lowest BCUT2D eigenvalue weighted by molar-refractivity contribution is -0.111. The third-order valence-corrected chi connectivity index (χ3v) is 1.44. The van der Waals surface area contributed by atoms with Crippen molar-refractivity contribution >= 4 is 23.2 Å². The van der Waals surface area contributed by atoms with Gasteiger partial charge >= 0.3 is 0 Å². The Kier molecular flexibility index (Phi) is 2.67. The van der Waals surface area contributed by atoms with Gasteiger partial charge < -0.3 is 5.32 Å². The number of terminal acetylenes is 1. The van der Waals surface area contributed by atoms with E-state index < -0.39 is 5.91 Å². The van der Waals surface area contributed by atoms with Crippen molar-refractivity contribution in [3.8, 4) is 12.3 Å². The van der Waals surface area contributed by atoms with Crippen LogP contribution in [-0.4, -0.2) is 10.9 Å². The van der Waals surface area contributed by atoms with Gasteiger partial charge in [0.2, 0.25) is 0 Å². The largest absolute Gasteiger partial charge is 0.312 e. The predicted octanol–water partition coefficient (Wildman–Crippen LogP) is 1.31. The maximum atomic E-state index is 10.7. The molecule has 0 aliphatic carbocycles. The Labute approximate surface area is 74.8 Å². The van der Waals surface area contributed by atoms with Crippen LogP contribution in [0.1, 0.15) is 0 Å². The van der Waals surface area contributed by atoms with E-state index in [4.69, 9.17) is 18.0 Å². The lowest BCUT2D eigenvalue weighted by Gasteiger charge is -2.00. The summed E-state index contributed by atoms with van der Waals surface area (Å²) < 4.78 is 0. The lowest BCUT2D eigenvalue weighted by atomic mass is 10.4. The fourth-order valence-electron chi connectivity index (χ4n) is 0.638. The summed E-state index contributed by atoms with van der Waals surface area (Å²) in [5.41, 5.74) is 0.419. The first kappa shape index (κ1) is 8.57. The summed E-state index contributed by atoms with van der Waals surface area (Å²) in [7, 11) is 0. The normalized spacial score (nSPS) is 8.67. The molecule has 60 valence electrons. The van der Waals surface area contributed by atoms with Crippen LogP contribution in [0.3, 0.4) is 0 Å². The SMILES string of the molecule is C#CC(=O)Nc1cccnc1Cl. The minimum Gasteiger partial charge on any atom is -0.312 e. The van der Waals surface area contributed by atoms with Crippen molar-refractivity contribution in [3.63, 3.8) is 0 Å². The van der Waals surface area contributed by atoms with E-state index in [0.717, 1.165) is 0 Å². The van der Waals surface area contributed by atoms with Crippen LogP contribution in [0, 0.1) is 12.3 Å². The molecule has 1 aromatic rings. The van der Waals surface area contributed by atoms with E-state index in [-0.39, 0.29) is 5.15 Å². The minimum atomic E-state index is -0.537. The van der Waals surface area contributed by atoms with Crippen LogP contribution in [0.4, 0.5) is 5.69 Å². The highest BCUT2D eigenvalue weighted by molar-refractivity contribution is 6.32. The molecule has 12 heavy (non-hydrogen) atoms. The van der Waals surface area contributed by atoms with Gasteiger partial charge in [-0.25, -0.2) is 4.98 Å². The molecule has 1 N–H and O–H groups in total. The second-order valence-corrected chi connectivity index (χ2v) is 2.30. The Morgan fingerprint density at radius 1 is 1.75 bits per heavy atom. The average Bonchev–Trinajstić information content (AvgIpc) is 2.09. The number of aromatic nitrogens is 1. The average molecular weight is 181 g/mol. The summed E-state index contributed by atoms with van der Waals surface area (Å²) in [6, 6.07) is 3.27. The first-order valence-electron chi connectivity index (χ1n) is 3.12. The van der Waals surface area contributed by atoms with Gasteiger partial charge in [0, 0.05) is 6.20 Å². The van der Waals surface area contributed by atoms with E-state index in [1.807, 2.05) is 5.92 Å². The summed E-state index contributed by atoms with van der Waals surface area (Å²) in [4.78, 5) is 14.4. The van der Waals surface area contributed by atoms with Gasteiger partial charge in [0.1, 0.15) is 0 Å². The zero-order chi connectivity index (χ0) is 8.97. The Balaban J connectivity index is 2.84. The molecule has 0 aromatic carbocycles. The van der Waals surface area contributed by atoms with Crippen molar-refractivity contribution in [3.05, 3.63) is 23.5 Å². The van der Waals surface area contributed by atoms with Crippen LogP contribution in [0.5, 0.6) is 0 Å². The fourth-order valence-corrected chi connectivity index (χ4v) is 0.804. The van der Waals surface area contributed by atoms with Crippen LogP contribution >= 0.6 is 11.6 Å². The van der Waals surface area contributed by atoms with E-state index in [1.165, 1.54) is 6.20 Å². The van der Waals surface area contributed by atoms with Crippen LogP contribution in [0.15, 0.2) is 18.3 Å². The van der Waals surface area contributed by atoms with Crippen molar-refractivity contribution in [1.29, 1.82) is 0 Å². The number of nitrogens with one attached hydrogen (secondary N) is 1. The standard InChI is InChI=1S/C8H5ClN2O/c1-2-7(12)11-6-4-3-5-10-8(6)9/h1,3-5H,(H,11,12).